The van der Waals surface area contributed by atoms with Crippen molar-refractivity contribution in [3.63, 3.8) is 0 Å². The van der Waals surface area contributed by atoms with Gasteiger partial charge in [0.2, 0.25) is 0 Å². The van der Waals surface area contributed by atoms with Gasteiger partial charge in [0, 0.05) is 29.2 Å². The van der Waals surface area contributed by atoms with Crippen molar-refractivity contribution in [1.82, 2.24) is 10.3 Å². The van der Waals surface area contributed by atoms with Gasteiger partial charge >= 0.3 is 6.09 Å². The fourth-order valence-electron chi connectivity index (χ4n) is 3.45. The van der Waals surface area contributed by atoms with Crippen molar-refractivity contribution in [3.8, 4) is 10.6 Å². The zero-order chi connectivity index (χ0) is 26.1. The standard InChI is InChI=1S/C18H25N3O2S.C11H8O/c1-12-5-8-16(24-12)15-7-6-13(10-20-15)9-14(19)11-21-17(22)23-18(2,3)4;12-8-9-5-6-10-3-1-2-4-11(10)7-9/h5-8,10,14H,9,11,19H2,1-4H3,(H,21,22);1-8H. The van der Waals surface area contributed by atoms with E-state index in [0.29, 0.717) is 13.0 Å². The number of alkyl carbamates (subject to hydrolysis) is 1. The maximum Gasteiger partial charge on any atom is 0.407 e. The summed E-state index contributed by atoms with van der Waals surface area (Å²) < 4.78 is 5.19. The van der Waals surface area contributed by atoms with E-state index < -0.39 is 11.7 Å². The first-order chi connectivity index (χ1) is 17.1. The number of aryl methyl sites for hydroxylation is 1. The van der Waals surface area contributed by atoms with Crippen LogP contribution in [0.1, 0.15) is 41.6 Å². The minimum absolute atomic E-state index is 0.186. The Morgan fingerprint density at radius 1 is 1.08 bits per heavy atom. The van der Waals surface area contributed by atoms with Crippen molar-refractivity contribution < 1.29 is 14.3 Å². The molecular formula is C29H33N3O3S. The maximum atomic E-state index is 11.6. The number of fused-ring (bicyclic) bond motifs is 1. The van der Waals surface area contributed by atoms with Crippen LogP contribution in [0.5, 0.6) is 0 Å². The molecular weight excluding hydrogens is 470 g/mol. The van der Waals surface area contributed by atoms with Gasteiger partial charge in [-0.1, -0.05) is 42.5 Å². The van der Waals surface area contributed by atoms with Gasteiger partial charge in [-0.05, 0) is 74.7 Å². The van der Waals surface area contributed by atoms with E-state index in [4.69, 9.17) is 10.5 Å². The number of nitrogens with one attached hydrogen (secondary N) is 1. The Hall–Kier alpha value is -3.55. The number of nitrogens with two attached hydrogens (primary N) is 1. The summed E-state index contributed by atoms with van der Waals surface area (Å²) in [5.41, 5.74) is 8.32. The molecule has 0 bridgehead atoms. The van der Waals surface area contributed by atoms with Gasteiger partial charge in [-0.25, -0.2) is 4.79 Å². The molecule has 1 atom stereocenters. The number of amides is 1. The van der Waals surface area contributed by atoms with Crippen molar-refractivity contribution in [2.24, 2.45) is 5.73 Å². The summed E-state index contributed by atoms with van der Waals surface area (Å²) in [4.78, 5) is 29.0. The lowest BCUT2D eigenvalue weighted by Gasteiger charge is -2.20. The van der Waals surface area contributed by atoms with Crippen molar-refractivity contribution >= 4 is 34.5 Å². The number of benzene rings is 2. The Kier molecular flexibility index (Phi) is 9.33. The van der Waals surface area contributed by atoms with Crippen LogP contribution in [0.25, 0.3) is 21.3 Å². The summed E-state index contributed by atoms with van der Waals surface area (Å²) in [5, 5.41) is 4.98. The molecule has 1 amide bonds. The molecule has 0 saturated heterocycles. The lowest BCUT2D eigenvalue weighted by atomic mass is 10.1. The van der Waals surface area contributed by atoms with Crippen LogP contribution in [0.15, 0.2) is 72.9 Å². The molecule has 6 nitrogen and oxygen atoms in total. The third-order valence-electron chi connectivity index (χ3n) is 5.13. The zero-order valence-corrected chi connectivity index (χ0v) is 22.0. The van der Waals surface area contributed by atoms with Gasteiger partial charge in [0.25, 0.3) is 0 Å². The number of pyridine rings is 1. The first-order valence-electron chi connectivity index (χ1n) is 11.8. The summed E-state index contributed by atoms with van der Waals surface area (Å²) >= 11 is 1.73. The molecule has 2 aromatic carbocycles. The first kappa shape index (κ1) is 27.0. The number of ether oxygens (including phenoxy) is 1. The Bertz CT molecular complexity index is 1290. The van der Waals surface area contributed by atoms with Crippen molar-refractivity contribution in [1.29, 1.82) is 0 Å². The predicted octanol–water partition coefficient (Wildman–Crippen LogP) is 6.17. The molecule has 36 heavy (non-hydrogen) atoms. The van der Waals surface area contributed by atoms with Crippen LogP contribution in [-0.2, 0) is 11.2 Å². The van der Waals surface area contributed by atoms with Gasteiger partial charge in [-0.2, -0.15) is 0 Å². The highest BCUT2D eigenvalue weighted by Gasteiger charge is 2.16. The molecule has 0 spiro atoms. The van der Waals surface area contributed by atoms with Gasteiger partial charge in [0.1, 0.15) is 11.9 Å². The molecule has 4 aromatic rings. The number of hydrogen-bond acceptors (Lipinski definition) is 6. The number of thiophene rings is 1. The monoisotopic (exact) mass is 503 g/mol. The number of aromatic nitrogens is 1. The minimum Gasteiger partial charge on any atom is -0.444 e. The van der Waals surface area contributed by atoms with E-state index in [-0.39, 0.29) is 6.04 Å². The maximum absolute atomic E-state index is 11.6. The minimum atomic E-state index is -0.506. The highest BCUT2D eigenvalue weighted by Crippen LogP contribution is 2.26. The summed E-state index contributed by atoms with van der Waals surface area (Å²) in [6.07, 6.45) is 2.91. The van der Waals surface area contributed by atoms with Crippen molar-refractivity contribution in [2.45, 2.75) is 45.8 Å². The number of nitrogens with zero attached hydrogens (tertiary/aromatic N) is 1. The molecule has 0 aliphatic carbocycles. The van der Waals surface area contributed by atoms with Crippen LogP contribution in [0.2, 0.25) is 0 Å². The van der Waals surface area contributed by atoms with Gasteiger partial charge in [-0.3, -0.25) is 9.78 Å². The average molecular weight is 504 g/mol. The highest BCUT2D eigenvalue weighted by molar-refractivity contribution is 7.15. The predicted molar refractivity (Wildman–Crippen MR) is 148 cm³/mol. The van der Waals surface area contributed by atoms with Gasteiger partial charge in [0.05, 0.1) is 10.6 Å². The molecule has 1 unspecified atom stereocenters. The fraction of sp³-hybridized carbons (Fsp3) is 0.276. The smallest absolute Gasteiger partial charge is 0.407 e. The van der Waals surface area contributed by atoms with E-state index in [2.05, 4.69) is 29.4 Å². The average Bonchev–Trinajstić information content (AvgIpc) is 3.28. The number of aldehydes is 1. The third-order valence-corrected chi connectivity index (χ3v) is 6.16. The second-order valence-electron chi connectivity index (χ2n) is 9.53. The molecule has 188 valence electrons. The van der Waals surface area contributed by atoms with E-state index in [1.54, 1.807) is 11.3 Å². The summed E-state index contributed by atoms with van der Waals surface area (Å²) in [7, 11) is 0. The molecule has 0 aliphatic rings. The van der Waals surface area contributed by atoms with Crippen molar-refractivity contribution in [3.05, 3.63) is 88.9 Å². The van der Waals surface area contributed by atoms with Crippen molar-refractivity contribution in [2.75, 3.05) is 6.54 Å². The van der Waals surface area contributed by atoms with Crippen LogP contribution >= 0.6 is 11.3 Å². The Morgan fingerprint density at radius 3 is 2.44 bits per heavy atom. The summed E-state index contributed by atoms with van der Waals surface area (Å²) in [5.74, 6) is 0. The van der Waals surface area contributed by atoms with Crippen LogP contribution in [0.3, 0.4) is 0 Å². The SMILES string of the molecule is Cc1ccc(-c2ccc(CC(N)CNC(=O)OC(C)(C)C)cn2)s1.O=Cc1ccc2ccccc2c1. The first-order valence-corrected chi connectivity index (χ1v) is 12.6. The zero-order valence-electron chi connectivity index (χ0n) is 21.2. The van der Waals surface area contributed by atoms with Gasteiger partial charge in [-0.15, -0.1) is 11.3 Å². The van der Waals surface area contributed by atoms with Crippen LogP contribution in [0.4, 0.5) is 4.79 Å². The lowest BCUT2D eigenvalue weighted by Crippen LogP contribution is -2.41. The quantitative estimate of drug-likeness (QED) is 0.307. The van der Waals surface area contributed by atoms with E-state index >= 15 is 0 Å². The molecule has 7 heteroatoms. The normalized spacial score (nSPS) is 11.8. The summed E-state index contributed by atoms with van der Waals surface area (Å²) in [6.45, 7) is 7.93. The van der Waals surface area contributed by atoms with Gasteiger partial charge < -0.3 is 15.8 Å². The molecule has 0 aliphatic heterocycles. The molecule has 4 rings (SSSR count). The molecule has 2 heterocycles. The third kappa shape index (κ3) is 8.59. The van der Waals surface area contributed by atoms with E-state index in [9.17, 15) is 9.59 Å². The van der Waals surface area contributed by atoms with Crippen LogP contribution in [-0.4, -0.2) is 35.6 Å². The lowest BCUT2D eigenvalue weighted by molar-refractivity contribution is 0.0524. The number of rotatable bonds is 6. The molecule has 0 radical (unpaired) electrons. The second kappa shape index (κ2) is 12.4. The topological polar surface area (TPSA) is 94.3 Å². The molecule has 0 fully saturated rings. The molecule has 3 N–H and O–H groups in total. The molecule has 0 saturated carbocycles. The Labute approximate surface area is 216 Å². The van der Waals surface area contributed by atoms with E-state index in [1.165, 1.54) is 10.3 Å². The molecule has 2 aromatic heterocycles. The van der Waals surface area contributed by atoms with Crippen LogP contribution in [0, 0.1) is 6.92 Å². The Morgan fingerprint density at radius 2 is 1.83 bits per heavy atom. The Balaban J connectivity index is 0.000000249. The number of carbonyl (C=O) groups is 2. The van der Waals surface area contributed by atoms with E-state index in [1.807, 2.05) is 81.6 Å². The second-order valence-corrected chi connectivity index (χ2v) is 10.8. The van der Waals surface area contributed by atoms with Gasteiger partial charge in [0.15, 0.2) is 0 Å². The van der Waals surface area contributed by atoms with Crippen LogP contribution < -0.4 is 11.1 Å². The summed E-state index contributed by atoms with van der Waals surface area (Å²) in [6, 6.07) is 21.7. The fourth-order valence-corrected chi connectivity index (χ4v) is 4.29. The number of hydrogen-bond donors (Lipinski definition) is 2. The highest BCUT2D eigenvalue weighted by atomic mass is 32.1. The van der Waals surface area contributed by atoms with E-state index in [0.717, 1.165) is 33.4 Å². The number of carbonyl (C=O) groups excluding carboxylic acids is 2. The largest absolute Gasteiger partial charge is 0.444 e.